The van der Waals surface area contributed by atoms with E-state index < -0.39 is 0 Å². The number of hydrogen-bond donors (Lipinski definition) is 2. The molecule has 0 saturated carbocycles. The Kier molecular flexibility index (Phi) is 10.1. The molecule has 0 fully saturated rings. The lowest BCUT2D eigenvalue weighted by atomic mass is 10.2. The molecule has 106 valence electrons. The van der Waals surface area contributed by atoms with E-state index in [1.165, 1.54) is 7.11 Å². The summed E-state index contributed by atoms with van der Waals surface area (Å²) in [5.74, 6) is 0.730. The largest absolute Gasteiger partial charge is 0.469 e. The summed E-state index contributed by atoms with van der Waals surface area (Å²) in [5, 5.41) is 6.46. The average Bonchev–Trinajstić information content (AvgIpc) is 2.32. The first-order valence-corrected chi connectivity index (χ1v) is 6.71. The number of nitrogens with one attached hydrogen (secondary N) is 2. The molecule has 0 aromatic rings. The molecule has 18 heavy (non-hydrogen) atoms. The Bertz CT molecular complexity index is 253. The van der Waals surface area contributed by atoms with Gasteiger partial charge >= 0.3 is 5.97 Å². The number of guanidine groups is 1. The maximum absolute atomic E-state index is 10.9. The number of nitrogens with zero attached hydrogens (tertiary/aromatic N) is 1. The fraction of sp³-hybridized carbons (Fsp3) is 0.846. The summed E-state index contributed by atoms with van der Waals surface area (Å²) < 4.78 is 4.58. The molecule has 2 N–H and O–H groups in total. The maximum atomic E-state index is 10.9. The van der Waals surface area contributed by atoms with Gasteiger partial charge in [0.15, 0.2) is 5.96 Å². The number of unbranched alkanes of at least 4 members (excludes halogenated alkanes) is 2. The summed E-state index contributed by atoms with van der Waals surface area (Å²) in [5.41, 5.74) is 0. The van der Waals surface area contributed by atoms with Crippen molar-refractivity contribution >= 4 is 11.9 Å². The van der Waals surface area contributed by atoms with Crippen LogP contribution in [-0.4, -0.2) is 38.2 Å². The SMILES string of the molecule is CCNC(=NCCCCCC(=O)OC)NC(C)C. The summed E-state index contributed by atoms with van der Waals surface area (Å²) in [6.07, 6.45) is 3.37. The number of rotatable bonds is 8. The monoisotopic (exact) mass is 257 g/mol. The number of esters is 1. The molecule has 0 aliphatic heterocycles. The van der Waals surface area contributed by atoms with Crippen LogP contribution in [0.25, 0.3) is 0 Å². The van der Waals surface area contributed by atoms with Gasteiger partial charge in [0.2, 0.25) is 0 Å². The summed E-state index contributed by atoms with van der Waals surface area (Å²) in [6, 6.07) is 0.377. The van der Waals surface area contributed by atoms with E-state index in [1.807, 2.05) is 6.92 Å². The minimum atomic E-state index is -0.131. The van der Waals surface area contributed by atoms with Gasteiger partial charge < -0.3 is 15.4 Å². The second-order valence-electron chi connectivity index (χ2n) is 4.45. The minimum Gasteiger partial charge on any atom is -0.469 e. The van der Waals surface area contributed by atoms with Gasteiger partial charge in [-0.2, -0.15) is 0 Å². The second-order valence-corrected chi connectivity index (χ2v) is 4.45. The van der Waals surface area contributed by atoms with Crippen molar-refractivity contribution in [1.82, 2.24) is 10.6 Å². The highest BCUT2D eigenvalue weighted by Gasteiger charge is 2.00. The van der Waals surface area contributed by atoms with Gasteiger partial charge in [0, 0.05) is 25.6 Å². The Morgan fingerprint density at radius 2 is 2.00 bits per heavy atom. The highest BCUT2D eigenvalue weighted by Crippen LogP contribution is 2.01. The number of methoxy groups -OCH3 is 1. The van der Waals surface area contributed by atoms with Crippen molar-refractivity contribution in [1.29, 1.82) is 0 Å². The Hall–Kier alpha value is -1.26. The smallest absolute Gasteiger partial charge is 0.305 e. The molecule has 0 rings (SSSR count). The second kappa shape index (κ2) is 10.9. The Balaban J connectivity index is 3.72. The fourth-order valence-corrected chi connectivity index (χ4v) is 1.44. The van der Waals surface area contributed by atoms with Crippen LogP contribution in [-0.2, 0) is 9.53 Å². The third-order valence-corrected chi connectivity index (χ3v) is 2.31. The van der Waals surface area contributed by atoms with Crippen molar-refractivity contribution in [2.75, 3.05) is 20.2 Å². The van der Waals surface area contributed by atoms with Crippen molar-refractivity contribution in [2.24, 2.45) is 4.99 Å². The van der Waals surface area contributed by atoms with Gasteiger partial charge in [-0.3, -0.25) is 9.79 Å². The Labute approximate surface area is 110 Å². The van der Waals surface area contributed by atoms with Crippen molar-refractivity contribution in [3.63, 3.8) is 0 Å². The molecule has 0 unspecified atom stereocenters. The average molecular weight is 257 g/mol. The normalized spacial score (nSPS) is 11.5. The minimum absolute atomic E-state index is 0.131. The molecule has 0 heterocycles. The predicted octanol–water partition coefficient (Wildman–Crippen LogP) is 1.68. The molecule has 5 heteroatoms. The molecule has 0 aromatic carbocycles. The molecule has 0 aliphatic rings. The maximum Gasteiger partial charge on any atom is 0.305 e. The van der Waals surface area contributed by atoms with Crippen LogP contribution < -0.4 is 10.6 Å². The van der Waals surface area contributed by atoms with Gasteiger partial charge in [-0.05, 0) is 33.6 Å². The van der Waals surface area contributed by atoms with Gasteiger partial charge in [0.25, 0.3) is 0 Å². The highest BCUT2D eigenvalue weighted by molar-refractivity contribution is 5.79. The number of ether oxygens (including phenoxy) is 1. The van der Waals surface area contributed by atoms with E-state index in [0.29, 0.717) is 12.5 Å². The zero-order valence-electron chi connectivity index (χ0n) is 12.1. The lowest BCUT2D eigenvalue weighted by Gasteiger charge is -2.13. The molecule has 0 bridgehead atoms. The van der Waals surface area contributed by atoms with E-state index in [9.17, 15) is 4.79 Å². The number of carbonyl (C=O) groups excluding carboxylic acids is 1. The first-order valence-electron chi connectivity index (χ1n) is 6.71. The van der Waals surface area contributed by atoms with E-state index in [2.05, 4.69) is 34.2 Å². The van der Waals surface area contributed by atoms with Crippen LogP contribution in [0, 0.1) is 0 Å². The van der Waals surface area contributed by atoms with E-state index in [-0.39, 0.29) is 5.97 Å². The molecule has 5 nitrogen and oxygen atoms in total. The molecule has 0 atom stereocenters. The number of carbonyl (C=O) groups is 1. The number of hydrogen-bond acceptors (Lipinski definition) is 3. The van der Waals surface area contributed by atoms with Gasteiger partial charge in [-0.15, -0.1) is 0 Å². The molecular formula is C13H27N3O2. The lowest BCUT2D eigenvalue weighted by Crippen LogP contribution is -2.41. The topological polar surface area (TPSA) is 62.7 Å². The Morgan fingerprint density at radius 3 is 2.56 bits per heavy atom. The van der Waals surface area contributed by atoms with E-state index in [4.69, 9.17) is 0 Å². The summed E-state index contributed by atoms with van der Waals surface area (Å²) in [6.45, 7) is 7.87. The van der Waals surface area contributed by atoms with Crippen LogP contribution in [0.4, 0.5) is 0 Å². The van der Waals surface area contributed by atoms with Crippen molar-refractivity contribution in [3.05, 3.63) is 0 Å². The van der Waals surface area contributed by atoms with Gasteiger partial charge in [-0.25, -0.2) is 0 Å². The lowest BCUT2D eigenvalue weighted by molar-refractivity contribution is -0.140. The zero-order chi connectivity index (χ0) is 13.8. The van der Waals surface area contributed by atoms with Crippen LogP contribution in [0.1, 0.15) is 46.5 Å². The Morgan fingerprint density at radius 1 is 1.28 bits per heavy atom. The first kappa shape index (κ1) is 16.7. The molecule has 0 amide bonds. The van der Waals surface area contributed by atoms with Crippen molar-refractivity contribution in [3.8, 4) is 0 Å². The molecule has 0 aliphatic carbocycles. The summed E-state index contributed by atoms with van der Waals surface area (Å²) in [4.78, 5) is 15.4. The van der Waals surface area contributed by atoms with Crippen molar-refractivity contribution in [2.45, 2.75) is 52.5 Å². The van der Waals surface area contributed by atoms with Gasteiger partial charge in [-0.1, -0.05) is 6.42 Å². The predicted molar refractivity (Wildman–Crippen MR) is 74.7 cm³/mol. The molecule has 0 saturated heterocycles. The molecular weight excluding hydrogens is 230 g/mol. The number of aliphatic imine (C=N–C) groups is 1. The zero-order valence-corrected chi connectivity index (χ0v) is 12.1. The van der Waals surface area contributed by atoms with Crippen LogP contribution >= 0.6 is 0 Å². The third-order valence-electron chi connectivity index (χ3n) is 2.31. The summed E-state index contributed by atoms with van der Waals surface area (Å²) >= 11 is 0. The van der Waals surface area contributed by atoms with E-state index >= 15 is 0 Å². The van der Waals surface area contributed by atoms with Crippen molar-refractivity contribution < 1.29 is 9.53 Å². The van der Waals surface area contributed by atoms with Crippen LogP contribution in [0.3, 0.4) is 0 Å². The highest BCUT2D eigenvalue weighted by atomic mass is 16.5. The van der Waals surface area contributed by atoms with Crippen LogP contribution in [0.2, 0.25) is 0 Å². The molecule has 0 radical (unpaired) electrons. The van der Waals surface area contributed by atoms with Crippen LogP contribution in [0.5, 0.6) is 0 Å². The van der Waals surface area contributed by atoms with Crippen LogP contribution in [0.15, 0.2) is 4.99 Å². The summed E-state index contributed by atoms with van der Waals surface area (Å²) in [7, 11) is 1.42. The van der Waals surface area contributed by atoms with E-state index in [0.717, 1.165) is 38.3 Å². The molecule has 0 spiro atoms. The van der Waals surface area contributed by atoms with Gasteiger partial charge in [0.1, 0.15) is 0 Å². The van der Waals surface area contributed by atoms with E-state index in [1.54, 1.807) is 0 Å². The standard InChI is InChI=1S/C13H27N3O2/c1-5-14-13(16-11(2)3)15-10-8-6-7-9-12(17)18-4/h11H,5-10H2,1-4H3,(H2,14,15,16). The quantitative estimate of drug-likeness (QED) is 0.300. The third kappa shape index (κ3) is 9.93. The first-order chi connectivity index (χ1) is 8.60. The van der Waals surface area contributed by atoms with Gasteiger partial charge in [0.05, 0.1) is 7.11 Å². The fourth-order valence-electron chi connectivity index (χ4n) is 1.44. The molecule has 0 aromatic heterocycles.